The fourth-order valence-electron chi connectivity index (χ4n) is 0.259. The molecule has 0 saturated heterocycles. The van der Waals surface area contributed by atoms with Gasteiger partial charge in [0.15, 0.2) is 0 Å². The highest BCUT2D eigenvalue weighted by molar-refractivity contribution is 5.89. The maximum Gasteiger partial charge on any atom is 0.314 e. The summed E-state index contributed by atoms with van der Waals surface area (Å²) in [5, 5.41) is 30.8. The van der Waals surface area contributed by atoms with E-state index in [9.17, 15) is 19.2 Å². The molecule has 0 aliphatic heterocycles. The van der Waals surface area contributed by atoms with Crippen LogP contribution < -0.4 is 11.5 Å². The van der Waals surface area contributed by atoms with E-state index in [1.165, 1.54) is 0 Å². The number of rotatable bonds is 5. The molecule has 0 aromatic heterocycles. The maximum atomic E-state index is 9.43. The Morgan fingerprint density at radius 1 is 0.611 bits per heavy atom. The summed E-state index contributed by atoms with van der Waals surface area (Å²) >= 11 is 0. The van der Waals surface area contributed by atoms with E-state index in [1.807, 2.05) is 0 Å². The van der Waals surface area contributed by atoms with E-state index in [2.05, 4.69) is 0 Å². The van der Waals surface area contributed by atoms with Crippen molar-refractivity contribution in [3.05, 3.63) is 0 Å². The second-order valence-electron chi connectivity index (χ2n) is 2.51. The summed E-state index contributed by atoms with van der Waals surface area (Å²) in [4.78, 5) is 37.7. The van der Waals surface area contributed by atoms with Crippen molar-refractivity contribution in [1.82, 2.24) is 0 Å². The molecule has 0 amide bonds. The predicted octanol–water partition coefficient (Wildman–Crippen LogP) is -2.00. The van der Waals surface area contributed by atoms with E-state index in [-0.39, 0.29) is 0 Å². The summed E-state index contributed by atoms with van der Waals surface area (Å²) in [6.45, 7) is 1.19. The topological polar surface area (TPSA) is 201 Å². The summed E-state index contributed by atoms with van der Waals surface area (Å²) in [5.41, 5.74) is 9.81. The van der Waals surface area contributed by atoms with Crippen molar-refractivity contribution >= 4 is 23.9 Å². The molecule has 10 heteroatoms. The number of nitrogens with two attached hydrogens (primary N) is 2. The van der Waals surface area contributed by atoms with E-state index >= 15 is 0 Å². The molecule has 0 aliphatic rings. The van der Waals surface area contributed by atoms with Crippen molar-refractivity contribution in [2.45, 2.75) is 12.8 Å². The molecular formula is C8H16N2O8. The van der Waals surface area contributed by atoms with E-state index in [1.54, 1.807) is 0 Å². The van der Waals surface area contributed by atoms with Gasteiger partial charge < -0.3 is 31.9 Å². The minimum atomic E-state index is -1.31. The van der Waals surface area contributed by atoms with Gasteiger partial charge in [-0.2, -0.15) is 0 Å². The highest BCUT2D eigenvalue weighted by atomic mass is 16.4. The summed E-state index contributed by atoms with van der Waals surface area (Å²) in [7, 11) is 0. The number of hydrogen-bond donors (Lipinski definition) is 6. The predicted molar refractivity (Wildman–Crippen MR) is 57.9 cm³/mol. The number of aliphatic carboxylic acids is 4. The fraction of sp³-hybridized carbons (Fsp3) is 0.500. The van der Waals surface area contributed by atoms with Crippen LogP contribution in [0.4, 0.5) is 0 Å². The minimum Gasteiger partial charge on any atom is -0.481 e. The van der Waals surface area contributed by atoms with Crippen LogP contribution in [0.15, 0.2) is 0 Å². The normalized spacial score (nSPS) is 7.89. The van der Waals surface area contributed by atoms with Crippen molar-refractivity contribution in [2.24, 2.45) is 11.5 Å². The van der Waals surface area contributed by atoms with Crippen LogP contribution in [0.1, 0.15) is 12.8 Å². The Balaban J connectivity index is -0.000000196. The van der Waals surface area contributed by atoms with Gasteiger partial charge in [0.25, 0.3) is 0 Å². The average Bonchev–Trinajstić information content (AvgIpc) is 2.14. The molecule has 0 bridgehead atoms. The third kappa shape index (κ3) is 48.9. The lowest BCUT2D eigenvalue weighted by molar-refractivity contribution is -0.149. The molecule has 0 spiro atoms. The van der Waals surface area contributed by atoms with Gasteiger partial charge in [-0.25, -0.2) is 0 Å². The van der Waals surface area contributed by atoms with Gasteiger partial charge in [-0.15, -0.1) is 0 Å². The number of carboxylic acid groups (broad SMARTS) is 4. The van der Waals surface area contributed by atoms with Crippen molar-refractivity contribution in [2.75, 3.05) is 13.1 Å². The molecule has 0 aromatic carbocycles. The minimum absolute atomic E-state index is 0.597. The molecule has 0 atom stereocenters. The van der Waals surface area contributed by atoms with E-state index < -0.39 is 36.7 Å². The van der Waals surface area contributed by atoms with Crippen LogP contribution in [-0.2, 0) is 19.2 Å². The van der Waals surface area contributed by atoms with Crippen LogP contribution in [-0.4, -0.2) is 57.4 Å². The lowest BCUT2D eigenvalue weighted by atomic mass is 10.5. The lowest BCUT2D eigenvalue weighted by Gasteiger charge is -1.80. The van der Waals surface area contributed by atoms with E-state index in [4.69, 9.17) is 31.9 Å². The van der Waals surface area contributed by atoms with Crippen LogP contribution in [0.25, 0.3) is 0 Å². The maximum absolute atomic E-state index is 9.43. The summed E-state index contributed by atoms with van der Waals surface area (Å²) in [6, 6.07) is 0. The number of hydrogen-bond acceptors (Lipinski definition) is 6. The standard InChI is InChI=1S/2C3H4O4.C2H8N2/c2*4-2(5)1-3(6)7;3-1-2-4/h2*1H2,(H,4,5)(H,6,7);1-4H2. The van der Waals surface area contributed by atoms with Crippen molar-refractivity contribution in [1.29, 1.82) is 0 Å². The summed E-state index contributed by atoms with van der Waals surface area (Å²) in [6.07, 6.45) is -1.61. The largest absolute Gasteiger partial charge is 0.481 e. The Labute approximate surface area is 102 Å². The van der Waals surface area contributed by atoms with Crippen LogP contribution in [0.5, 0.6) is 0 Å². The van der Waals surface area contributed by atoms with Gasteiger partial charge in [0.1, 0.15) is 12.8 Å². The van der Waals surface area contributed by atoms with Crippen LogP contribution in [0, 0.1) is 0 Å². The Morgan fingerprint density at radius 2 is 0.778 bits per heavy atom. The summed E-state index contributed by atoms with van der Waals surface area (Å²) < 4.78 is 0. The molecule has 18 heavy (non-hydrogen) atoms. The van der Waals surface area contributed by atoms with Gasteiger partial charge in [-0.1, -0.05) is 0 Å². The van der Waals surface area contributed by atoms with E-state index in [0.29, 0.717) is 13.1 Å². The Kier molecular flexibility index (Phi) is 17.4. The first kappa shape index (κ1) is 21.1. The molecule has 0 saturated carbocycles. The SMILES string of the molecule is NCCN.O=C(O)CC(=O)O.O=C(O)CC(=O)O. The molecule has 0 aliphatic carbocycles. The fourth-order valence-corrected chi connectivity index (χ4v) is 0.259. The molecule has 0 aromatic rings. The molecule has 0 unspecified atom stereocenters. The third-order valence-corrected chi connectivity index (χ3v) is 0.772. The van der Waals surface area contributed by atoms with Crippen molar-refractivity contribution in [3.8, 4) is 0 Å². The quantitative estimate of drug-likeness (QED) is 0.302. The van der Waals surface area contributed by atoms with Crippen LogP contribution in [0.2, 0.25) is 0 Å². The van der Waals surface area contributed by atoms with Crippen LogP contribution >= 0.6 is 0 Å². The number of carbonyl (C=O) groups is 4. The molecule has 0 rings (SSSR count). The highest BCUT2D eigenvalue weighted by Crippen LogP contribution is 1.74. The smallest absolute Gasteiger partial charge is 0.314 e. The summed E-state index contributed by atoms with van der Waals surface area (Å²) in [5.74, 6) is -5.25. The van der Waals surface area contributed by atoms with Crippen molar-refractivity contribution < 1.29 is 39.6 Å². The molecule has 0 radical (unpaired) electrons. The zero-order chi connectivity index (χ0) is 15.1. The molecule has 10 nitrogen and oxygen atoms in total. The number of carboxylic acids is 4. The van der Waals surface area contributed by atoms with Gasteiger partial charge in [-0.3, -0.25) is 19.2 Å². The Morgan fingerprint density at radius 3 is 0.778 bits per heavy atom. The zero-order valence-electron chi connectivity index (χ0n) is 9.40. The second kappa shape index (κ2) is 14.8. The Bertz CT molecular complexity index is 226. The second-order valence-corrected chi connectivity index (χ2v) is 2.51. The molecular weight excluding hydrogens is 252 g/mol. The zero-order valence-corrected chi connectivity index (χ0v) is 9.40. The van der Waals surface area contributed by atoms with Gasteiger partial charge >= 0.3 is 23.9 Å². The average molecular weight is 268 g/mol. The molecule has 8 N–H and O–H groups in total. The first-order chi connectivity index (χ1) is 8.17. The van der Waals surface area contributed by atoms with E-state index in [0.717, 1.165) is 0 Å². The molecule has 0 heterocycles. The highest BCUT2D eigenvalue weighted by Gasteiger charge is 2.02. The monoisotopic (exact) mass is 268 g/mol. The van der Waals surface area contributed by atoms with Gasteiger partial charge in [0.05, 0.1) is 0 Å². The van der Waals surface area contributed by atoms with Gasteiger partial charge in [0, 0.05) is 13.1 Å². The van der Waals surface area contributed by atoms with Gasteiger partial charge in [-0.05, 0) is 0 Å². The molecule has 0 fully saturated rings. The molecule has 106 valence electrons. The van der Waals surface area contributed by atoms with Crippen LogP contribution in [0.3, 0.4) is 0 Å². The third-order valence-electron chi connectivity index (χ3n) is 0.772. The lowest BCUT2D eigenvalue weighted by Crippen LogP contribution is -2.11. The Hall–Kier alpha value is -2.20. The van der Waals surface area contributed by atoms with Crippen molar-refractivity contribution in [3.63, 3.8) is 0 Å². The van der Waals surface area contributed by atoms with Gasteiger partial charge in [0.2, 0.25) is 0 Å². The first-order valence-corrected chi connectivity index (χ1v) is 4.44. The first-order valence-electron chi connectivity index (χ1n) is 4.44.